The lowest BCUT2D eigenvalue weighted by atomic mass is 9.81. The molecule has 1 aliphatic rings. The van der Waals surface area contributed by atoms with E-state index in [2.05, 4.69) is 11.4 Å². The third-order valence-electron chi connectivity index (χ3n) is 6.72. The molecule has 178 valence electrons. The van der Waals surface area contributed by atoms with Crippen LogP contribution in [0.2, 0.25) is 0 Å². The molecule has 4 rings (SSSR count). The molecule has 0 radical (unpaired) electrons. The van der Waals surface area contributed by atoms with Crippen LogP contribution in [0.3, 0.4) is 0 Å². The highest BCUT2D eigenvalue weighted by molar-refractivity contribution is 5.73. The fourth-order valence-corrected chi connectivity index (χ4v) is 4.98. The summed E-state index contributed by atoms with van der Waals surface area (Å²) in [5.41, 5.74) is 9.21. The third-order valence-corrected chi connectivity index (χ3v) is 6.72. The molecule has 0 saturated carbocycles. The van der Waals surface area contributed by atoms with Crippen LogP contribution in [0.25, 0.3) is 0 Å². The SMILES string of the molecule is Cc1cc(F)c(C(CCCC(N)=O)c2ccccc2Oc2ccccc2)cc1C1CCNCC1. The molecule has 1 unspecified atom stereocenters. The van der Waals surface area contributed by atoms with Crippen molar-refractivity contribution in [3.8, 4) is 11.5 Å². The first kappa shape index (κ1) is 24.0. The molecule has 1 aliphatic heterocycles. The second-order valence-electron chi connectivity index (χ2n) is 9.12. The Balaban J connectivity index is 1.75. The average molecular weight is 461 g/mol. The lowest BCUT2D eigenvalue weighted by molar-refractivity contribution is -0.118. The van der Waals surface area contributed by atoms with Crippen molar-refractivity contribution in [2.75, 3.05) is 13.1 Å². The van der Waals surface area contributed by atoms with E-state index in [-0.39, 0.29) is 24.1 Å². The maximum absolute atomic E-state index is 15.5. The van der Waals surface area contributed by atoms with E-state index in [0.717, 1.165) is 42.8 Å². The number of amides is 1. The number of hydrogen-bond donors (Lipinski definition) is 2. The number of nitrogens with two attached hydrogens (primary N) is 1. The smallest absolute Gasteiger partial charge is 0.217 e. The zero-order valence-electron chi connectivity index (χ0n) is 19.7. The Bertz CT molecular complexity index is 1110. The predicted molar refractivity (Wildman–Crippen MR) is 134 cm³/mol. The number of aryl methyl sites for hydroxylation is 1. The molecule has 3 N–H and O–H groups in total. The maximum atomic E-state index is 15.5. The Morgan fingerprint density at radius 2 is 1.76 bits per heavy atom. The Labute approximate surface area is 201 Å². The monoisotopic (exact) mass is 460 g/mol. The summed E-state index contributed by atoms with van der Waals surface area (Å²) in [5, 5.41) is 3.41. The van der Waals surface area contributed by atoms with Crippen molar-refractivity contribution in [2.24, 2.45) is 5.73 Å². The van der Waals surface area contributed by atoms with Crippen LogP contribution >= 0.6 is 0 Å². The van der Waals surface area contributed by atoms with Crippen LogP contribution in [0.4, 0.5) is 4.39 Å². The van der Waals surface area contributed by atoms with Crippen molar-refractivity contribution >= 4 is 5.91 Å². The number of rotatable bonds is 9. The highest BCUT2D eigenvalue weighted by Gasteiger charge is 2.25. The van der Waals surface area contributed by atoms with Crippen molar-refractivity contribution in [3.63, 3.8) is 0 Å². The number of para-hydroxylation sites is 2. The summed E-state index contributed by atoms with van der Waals surface area (Å²) in [7, 11) is 0. The highest BCUT2D eigenvalue weighted by atomic mass is 19.1. The Hall–Kier alpha value is -3.18. The molecule has 3 aromatic rings. The van der Waals surface area contributed by atoms with Gasteiger partial charge in [0.2, 0.25) is 5.91 Å². The number of hydrogen-bond acceptors (Lipinski definition) is 3. The highest BCUT2D eigenvalue weighted by Crippen LogP contribution is 2.40. The van der Waals surface area contributed by atoms with E-state index < -0.39 is 0 Å². The predicted octanol–water partition coefficient (Wildman–Crippen LogP) is 6.18. The number of ether oxygens (including phenoxy) is 1. The van der Waals surface area contributed by atoms with Crippen molar-refractivity contribution in [3.05, 3.63) is 94.8 Å². The first-order valence-corrected chi connectivity index (χ1v) is 12.1. The van der Waals surface area contributed by atoms with Gasteiger partial charge in [0.25, 0.3) is 0 Å². The summed E-state index contributed by atoms with van der Waals surface area (Å²) in [5.74, 6) is 1.04. The number of piperidine rings is 1. The molecule has 4 nitrogen and oxygen atoms in total. The van der Waals surface area contributed by atoms with Gasteiger partial charge in [0.1, 0.15) is 17.3 Å². The molecule has 1 amide bonds. The van der Waals surface area contributed by atoms with Crippen LogP contribution in [0.1, 0.15) is 66.2 Å². The van der Waals surface area contributed by atoms with Crippen LogP contribution in [-0.4, -0.2) is 19.0 Å². The Morgan fingerprint density at radius 3 is 2.50 bits per heavy atom. The first-order valence-electron chi connectivity index (χ1n) is 12.1. The lowest BCUT2D eigenvalue weighted by Gasteiger charge is -2.27. The Kier molecular flexibility index (Phi) is 7.96. The normalized spacial score (nSPS) is 15.1. The van der Waals surface area contributed by atoms with Crippen LogP contribution in [0, 0.1) is 12.7 Å². The summed E-state index contributed by atoms with van der Waals surface area (Å²) >= 11 is 0. The van der Waals surface area contributed by atoms with Crippen LogP contribution < -0.4 is 15.8 Å². The number of primary amides is 1. The van der Waals surface area contributed by atoms with Gasteiger partial charge >= 0.3 is 0 Å². The molecular formula is C29H33FN2O2. The van der Waals surface area contributed by atoms with Crippen LogP contribution in [0.5, 0.6) is 11.5 Å². The molecule has 0 aliphatic carbocycles. The largest absolute Gasteiger partial charge is 0.457 e. The van der Waals surface area contributed by atoms with Gasteiger partial charge in [0.15, 0.2) is 0 Å². The molecule has 1 fully saturated rings. The van der Waals surface area contributed by atoms with Gasteiger partial charge in [0, 0.05) is 17.9 Å². The minimum Gasteiger partial charge on any atom is -0.457 e. The average Bonchev–Trinajstić information content (AvgIpc) is 2.84. The molecule has 3 aromatic carbocycles. The molecule has 1 heterocycles. The molecule has 0 bridgehead atoms. The van der Waals surface area contributed by atoms with Crippen LogP contribution in [0.15, 0.2) is 66.7 Å². The summed E-state index contributed by atoms with van der Waals surface area (Å²) in [6.45, 7) is 3.96. The zero-order chi connectivity index (χ0) is 23.9. The Morgan fingerprint density at radius 1 is 1.06 bits per heavy atom. The van der Waals surface area contributed by atoms with Gasteiger partial charge in [-0.25, -0.2) is 4.39 Å². The van der Waals surface area contributed by atoms with Gasteiger partial charge in [-0.2, -0.15) is 0 Å². The number of carbonyl (C=O) groups is 1. The van der Waals surface area contributed by atoms with Gasteiger partial charge in [-0.1, -0.05) is 42.5 Å². The molecular weight excluding hydrogens is 427 g/mol. The van der Waals surface area contributed by atoms with Crippen LogP contribution in [-0.2, 0) is 4.79 Å². The molecule has 5 heteroatoms. The van der Waals surface area contributed by atoms with E-state index in [9.17, 15) is 4.79 Å². The summed E-state index contributed by atoms with van der Waals surface area (Å²) < 4.78 is 21.8. The number of halogens is 1. The van der Waals surface area contributed by atoms with Gasteiger partial charge < -0.3 is 15.8 Å². The second kappa shape index (κ2) is 11.3. The van der Waals surface area contributed by atoms with Crippen molar-refractivity contribution < 1.29 is 13.9 Å². The van der Waals surface area contributed by atoms with Crippen molar-refractivity contribution in [2.45, 2.75) is 50.9 Å². The fraction of sp³-hybridized carbons (Fsp3) is 0.345. The molecule has 0 aromatic heterocycles. The minimum absolute atomic E-state index is 0.214. The van der Waals surface area contributed by atoms with E-state index in [1.54, 1.807) is 6.07 Å². The van der Waals surface area contributed by atoms with E-state index in [4.69, 9.17) is 10.5 Å². The second-order valence-corrected chi connectivity index (χ2v) is 9.12. The van der Waals surface area contributed by atoms with E-state index >= 15 is 4.39 Å². The first-order chi connectivity index (χ1) is 16.5. The molecule has 1 atom stereocenters. The number of nitrogens with one attached hydrogen (secondary N) is 1. The molecule has 34 heavy (non-hydrogen) atoms. The fourth-order valence-electron chi connectivity index (χ4n) is 4.98. The van der Waals surface area contributed by atoms with Gasteiger partial charge in [-0.15, -0.1) is 0 Å². The standard InChI is InChI=1S/C29H33FN2O2/c1-20-18-27(30)26(19-25(20)21-14-16-32-17-15-21)23(11-7-13-29(31)33)24-10-5-6-12-28(24)34-22-8-3-2-4-9-22/h2-6,8-10,12,18-19,21,23,32H,7,11,13-17H2,1H3,(H2,31,33). The number of carbonyl (C=O) groups excluding carboxylic acids is 1. The van der Waals surface area contributed by atoms with E-state index in [1.165, 1.54) is 5.56 Å². The quantitative estimate of drug-likeness (QED) is 0.401. The summed E-state index contributed by atoms with van der Waals surface area (Å²) in [6.07, 6.45) is 3.55. The minimum atomic E-state index is -0.340. The number of benzene rings is 3. The van der Waals surface area contributed by atoms with Crippen molar-refractivity contribution in [1.29, 1.82) is 0 Å². The lowest BCUT2D eigenvalue weighted by Crippen LogP contribution is -2.27. The van der Waals surface area contributed by atoms with Gasteiger partial charge in [0.05, 0.1) is 0 Å². The molecule has 1 saturated heterocycles. The van der Waals surface area contributed by atoms with E-state index in [0.29, 0.717) is 30.1 Å². The van der Waals surface area contributed by atoms with Gasteiger partial charge in [-0.05, 0) is 92.6 Å². The summed E-state index contributed by atoms with van der Waals surface area (Å²) in [6, 6.07) is 21.1. The third kappa shape index (κ3) is 5.84. The zero-order valence-corrected chi connectivity index (χ0v) is 19.7. The molecule has 0 spiro atoms. The van der Waals surface area contributed by atoms with Gasteiger partial charge in [-0.3, -0.25) is 4.79 Å². The topological polar surface area (TPSA) is 64.4 Å². The maximum Gasteiger partial charge on any atom is 0.217 e. The summed E-state index contributed by atoms with van der Waals surface area (Å²) in [4.78, 5) is 11.5. The van der Waals surface area contributed by atoms with Crippen molar-refractivity contribution in [1.82, 2.24) is 5.32 Å². The van der Waals surface area contributed by atoms with E-state index in [1.807, 2.05) is 61.5 Å².